The highest BCUT2D eigenvalue weighted by atomic mass is 16.5. The topological polar surface area (TPSA) is 41.6 Å². The summed E-state index contributed by atoms with van der Waals surface area (Å²) in [7, 11) is 3.50. The maximum absolute atomic E-state index is 12.2. The number of ether oxygens (including phenoxy) is 1. The van der Waals surface area contributed by atoms with E-state index in [-0.39, 0.29) is 12.0 Å². The van der Waals surface area contributed by atoms with Crippen LogP contribution < -0.4 is 5.32 Å². The van der Waals surface area contributed by atoms with Crippen molar-refractivity contribution in [3.63, 3.8) is 0 Å². The summed E-state index contributed by atoms with van der Waals surface area (Å²) in [6.45, 7) is 7.16. The Labute approximate surface area is 105 Å². The molecule has 1 rings (SSSR count). The summed E-state index contributed by atoms with van der Waals surface area (Å²) in [6.07, 6.45) is 1.68. The average Bonchev–Trinajstić information content (AvgIpc) is 2.77. The molecule has 1 saturated heterocycles. The van der Waals surface area contributed by atoms with Crippen molar-refractivity contribution in [2.45, 2.75) is 32.8 Å². The van der Waals surface area contributed by atoms with Crippen LogP contribution in [0.25, 0.3) is 0 Å². The molecule has 0 aromatic carbocycles. The lowest BCUT2D eigenvalue weighted by atomic mass is 10.0. The highest BCUT2D eigenvalue weighted by Crippen LogP contribution is 2.13. The van der Waals surface area contributed by atoms with Crippen molar-refractivity contribution in [2.24, 2.45) is 11.8 Å². The van der Waals surface area contributed by atoms with Gasteiger partial charge in [0.05, 0.1) is 0 Å². The maximum Gasteiger partial charge on any atom is 0.251 e. The minimum absolute atomic E-state index is 0.119. The van der Waals surface area contributed by atoms with Crippen LogP contribution in [-0.2, 0) is 9.53 Å². The smallest absolute Gasteiger partial charge is 0.251 e. The van der Waals surface area contributed by atoms with Crippen LogP contribution in [0.4, 0.5) is 0 Å². The highest BCUT2D eigenvalue weighted by molar-refractivity contribution is 5.80. The second-order valence-electron chi connectivity index (χ2n) is 5.43. The van der Waals surface area contributed by atoms with Crippen LogP contribution in [0.15, 0.2) is 0 Å². The van der Waals surface area contributed by atoms with E-state index in [0.717, 1.165) is 26.1 Å². The van der Waals surface area contributed by atoms with Crippen molar-refractivity contribution in [2.75, 3.05) is 33.8 Å². The van der Waals surface area contributed by atoms with E-state index in [9.17, 15) is 4.79 Å². The molecule has 0 aliphatic carbocycles. The number of nitrogens with one attached hydrogen (secondary N) is 1. The van der Waals surface area contributed by atoms with Crippen molar-refractivity contribution < 1.29 is 9.53 Å². The molecule has 0 saturated carbocycles. The molecule has 100 valence electrons. The third-order valence-electron chi connectivity index (χ3n) is 3.32. The number of methoxy groups -OCH3 is 1. The van der Waals surface area contributed by atoms with E-state index in [0.29, 0.717) is 11.8 Å². The van der Waals surface area contributed by atoms with Crippen LogP contribution in [0.2, 0.25) is 0 Å². The van der Waals surface area contributed by atoms with Crippen molar-refractivity contribution >= 4 is 5.91 Å². The van der Waals surface area contributed by atoms with Crippen molar-refractivity contribution in [1.29, 1.82) is 0 Å². The Hall–Kier alpha value is -0.610. The van der Waals surface area contributed by atoms with Gasteiger partial charge in [-0.15, -0.1) is 0 Å². The SMILES string of the molecule is CO[C@@H](CC(C)C)C(=O)N(C)CC1CCNC1. The Bertz CT molecular complexity index is 238. The number of rotatable bonds is 6. The Kier molecular flexibility index (Phi) is 5.92. The van der Waals surface area contributed by atoms with Gasteiger partial charge in [-0.1, -0.05) is 13.8 Å². The zero-order valence-corrected chi connectivity index (χ0v) is 11.5. The van der Waals surface area contributed by atoms with Crippen LogP contribution in [0, 0.1) is 11.8 Å². The van der Waals surface area contributed by atoms with Crippen LogP contribution >= 0.6 is 0 Å². The lowest BCUT2D eigenvalue weighted by Gasteiger charge is -2.26. The summed E-state index contributed by atoms with van der Waals surface area (Å²) < 4.78 is 5.30. The number of hydrogen-bond donors (Lipinski definition) is 1. The number of carbonyl (C=O) groups excluding carboxylic acids is 1. The lowest BCUT2D eigenvalue weighted by Crippen LogP contribution is -2.41. The molecule has 4 nitrogen and oxygen atoms in total. The van der Waals surface area contributed by atoms with E-state index in [1.807, 2.05) is 11.9 Å². The second kappa shape index (κ2) is 6.97. The highest BCUT2D eigenvalue weighted by Gasteiger charge is 2.25. The Morgan fingerprint density at radius 3 is 2.71 bits per heavy atom. The second-order valence-corrected chi connectivity index (χ2v) is 5.43. The zero-order chi connectivity index (χ0) is 12.8. The van der Waals surface area contributed by atoms with E-state index >= 15 is 0 Å². The molecule has 1 aliphatic rings. The minimum Gasteiger partial charge on any atom is -0.372 e. The molecule has 17 heavy (non-hydrogen) atoms. The van der Waals surface area contributed by atoms with Crippen LogP contribution in [0.1, 0.15) is 26.7 Å². The molecular weight excluding hydrogens is 216 g/mol. The third kappa shape index (κ3) is 4.64. The van der Waals surface area contributed by atoms with Gasteiger partial charge in [0.2, 0.25) is 0 Å². The number of hydrogen-bond acceptors (Lipinski definition) is 3. The monoisotopic (exact) mass is 242 g/mol. The molecular formula is C13H26N2O2. The van der Waals surface area contributed by atoms with E-state index < -0.39 is 0 Å². The van der Waals surface area contributed by atoms with Crippen LogP contribution in [0.3, 0.4) is 0 Å². The first-order chi connectivity index (χ1) is 8.04. The Morgan fingerprint density at radius 2 is 2.24 bits per heavy atom. The quantitative estimate of drug-likeness (QED) is 0.759. The fraction of sp³-hybridized carbons (Fsp3) is 0.923. The number of nitrogens with zero attached hydrogens (tertiary/aromatic N) is 1. The fourth-order valence-electron chi connectivity index (χ4n) is 2.32. The molecule has 0 spiro atoms. The molecule has 1 fully saturated rings. The Balaban J connectivity index is 2.42. The van der Waals surface area contributed by atoms with Gasteiger partial charge in [-0.05, 0) is 37.8 Å². The van der Waals surface area contributed by atoms with Gasteiger partial charge in [0.15, 0.2) is 0 Å². The first kappa shape index (κ1) is 14.5. The van der Waals surface area contributed by atoms with Gasteiger partial charge in [0, 0.05) is 20.7 Å². The molecule has 2 atom stereocenters. The molecule has 1 unspecified atom stereocenters. The van der Waals surface area contributed by atoms with Gasteiger partial charge in [-0.25, -0.2) is 0 Å². The number of amides is 1. The summed E-state index contributed by atoms with van der Waals surface area (Å²) >= 11 is 0. The number of likely N-dealkylation sites (N-methyl/N-ethyl adjacent to an activating group) is 1. The van der Waals surface area contributed by atoms with Crippen molar-refractivity contribution in [3.8, 4) is 0 Å². The standard InChI is InChI=1S/C13H26N2O2/c1-10(2)7-12(17-4)13(16)15(3)9-11-5-6-14-8-11/h10-12,14H,5-9H2,1-4H3/t11?,12-/m0/s1. The minimum atomic E-state index is -0.283. The van der Waals surface area contributed by atoms with Gasteiger partial charge in [0.1, 0.15) is 6.10 Å². The van der Waals surface area contributed by atoms with Crippen molar-refractivity contribution in [1.82, 2.24) is 10.2 Å². The molecule has 1 amide bonds. The van der Waals surface area contributed by atoms with Gasteiger partial charge in [0.25, 0.3) is 5.91 Å². The van der Waals surface area contributed by atoms with E-state index in [4.69, 9.17) is 4.74 Å². The van der Waals surface area contributed by atoms with Gasteiger partial charge in [-0.2, -0.15) is 0 Å². The lowest BCUT2D eigenvalue weighted by molar-refractivity contribution is -0.142. The summed E-state index contributed by atoms with van der Waals surface area (Å²) in [4.78, 5) is 14.0. The largest absolute Gasteiger partial charge is 0.372 e. The summed E-state index contributed by atoms with van der Waals surface area (Å²) in [6, 6.07) is 0. The van der Waals surface area contributed by atoms with Gasteiger partial charge in [-0.3, -0.25) is 4.79 Å². The Morgan fingerprint density at radius 1 is 1.53 bits per heavy atom. The zero-order valence-electron chi connectivity index (χ0n) is 11.5. The molecule has 1 N–H and O–H groups in total. The van der Waals surface area contributed by atoms with E-state index in [1.165, 1.54) is 6.42 Å². The summed E-state index contributed by atoms with van der Waals surface area (Å²) in [5.41, 5.74) is 0. The van der Waals surface area contributed by atoms with E-state index in [1.54, 1.807) is 7.11 Å². The number of carbonyl (C=O) groups is 1. The first-order valence-electron chi connectivity index (χ1n) is 6.53. The fourth-order valence-corrected chi connectivity index (χ4v) is 2.32. The molecule has 1 heterocycles. The van der Waals surface area contributed by atoms with E-state index in [2.05, 4.69) is 19.2 Å². The molecule has 0 bridgehead atoms. The van der Waals surface area contributed by atoms with Gasteiger partial charge < -0.3 is 15.0 Å². The predicted octanol–water partition coefficient (Wildman–Crippen LogP) is 1.12. The molecule has 4 heteroatoms. The van der Waals surface area contributed by atoms with Crippen molar-refractivity contribution in [3.05, 3.63) is 0 Å². The van der Waals surface area contributed by atoms with Gasteiger partial charge >= 0.3 is 0 Å². The predicted molar refractivity (Wildman–Crippen MR) is 68.9 cm³/mol. The normalized spacial score (nSPS) is 21.8. The summed E-state index contributed by atoms with van der Waals surface area (Å²) in [5, 5.41) is 3.32. The van der Waals surface area contributed by atoms with Crippen LogP contribution in [0.5, 0.6) is 0 Å². The van der Waals surface area contributed by atoms with Crippen LogP contribution in [-0.4, -0.2) is 50.7 Å². The first-order valence-corrected chi connectivity index (χ1v) is 6.53. The molecule has 0 aromatic rings. The molecule has 0 radical (unpaired) electrons. The molecule has 0 aromatic heterocycles. The summed E-state index contributed by atoms with van der Waals surface area (Å²) in [5.74, 6) is 1.19. The molecule has 1 aliphatic heterocycles. The maximum atomic E-state index is 12.2. The third-order valence-corrected chi connectivity index (χ3v) is 3.32. The average molecular weight is 242 g/mol.